The molecular formula is C25H37N5O5S2. The summed E-state index contributed by atoms with van der Waals surface area (Å²) in [6.45, 7) is 3.91. The van der Waals surface area contributed by atoms with Crippen molar-refractivity contribution in [2.75, 3.05) is 17.8 Å². The van der Waals surface area contributed by atoms with E-state index in [1.165, 1.54) is 11.8 Å². The van der Waals surface area contributed by atoms with Gasteiger partial charge in [-0.2, -0.15) is 24.4 Å². The number of carbonyl (C=O) groups is 4. The number of nitrogens with one attached hydrogen (secondary N) is 4. The number of fused-ring (bicyclic) bond motifs is 1. The highest BCUT2D eigenvalue weighted by Crippen LogP contribution is 2.19. The Balaban J connectivity index is 2.27. The lowest BCUT2D eigenvalue weighted by Crippen LogP contribution is -2.58. The van der Waals surface area contributed by atoms with Crippen LogP contribution in [0.1, 0.15) is 32.3 Å². The van der Waals surface area contributed by atoms with Gasteiger partial charge in [0.1, 0.15) is 18.1 Å². The Hall–Kier alpha value is -2.70. The standard InChI is InChI=1S/C25H37N5O5S2/c1-14(2)10-17(26)22(31)28-19(8-9-37-3)23(32)29-20(24(33)30-21(13-36)25(34)35)11-15-12-27-18-7-5-4-6-16(15)18/h4-7,12,14,17,19-21,27,36H,8-11,13,26H2,1-3H3,(H,28,31)(H,29,32)(H,30,33)(H,34,35). The van der Waals surface area contributed by atoms with Crippen molar-refractivity contribution in [1.82, 2.24) is 20.9 Å². The molecule has 3 amide bonds. The molecule has 204 valence electrons. The zero-order valence-electron chi connectivity index (χ0n) is 21.3. The van der Waals surface area contributed by atoms with Gasteiger partial charge in [-0.3, -0.25) is 14.4 Å². The third-order valence-electron chi connectivity index (χ3n) is 5.83. The highest BCUT2D eigenvalue weighted by molar-refractivity contribution is 7.98. The molecule has 2 aromatic rings. The van der Waals surface area contributed by atoms with Crippen molar-refractivity contribution >= 4 is 59.0 Å². The number of aromatic nitrogens is 1. The van der Waals surface area contributed by atoms with Gasteiger partial charge in [-0.1, -0.05) is 32.0 Å². The number of amides is 3. The highest BCUT2D eigenvalue weighted by Gasteiger charge is 2.30. The minimum Gasteiger partial charge on any atom is -0.480 e. The van der Waals surface area contributed by atoms with Crippen LogP contribution in [-0.4, -0.2) is 75.7 Å². The first-order chi connectivity index (χ1) is 17.6. The number of aromatic amines is 1. The molecule has 12 heteroatoms. The minimum absolute atomic E-state index is 0.108. The molecule has 0 saturated carbocycles. The number of hydrogen-bond acceptors (Lipinski definition) is 7. The number of aliphatic carboxylic acids is 1. The zero-order chi connectivity index (χ0) is 27.5. The third-order valence-corrected chi connectivity index (χ3v) is 6.84. The Morgan fingerprint density at radius 3 is 2.27 bits per heavy atom. The number of para-hydroxylation sites is 1. The lowest BCUT2D eigenvalue weighted by molar-refractivity contribution is -0.141. The van der Waals surface area contributed by atoms with Gasteiger partial charge in [-0.25, -0.2) is 4.79 Å². The molecule has 0 fully saturated rings. The maximum absolute atomic E-state index is 13.3. The van der Waals surface area contributed by atoms with Crippen LogP contribution in [0.15, 0.2) is 30.5 Å². The maximum atomic E-state index is 13.3. The molecule has 7 N–H and O–H groups in total. The van der Waals surface area contributed by atoms with Gasteiger partial charge in [0, 0.05) is 29.3 Å². The molecule has 4 atom stereocenters. The number of carboxylic acid groups (broad SMARTS) is 1. The van der Waals surface area contributed by atoms with Gasteiger partial charge in [0.05, 0.1) is 6.04 Å². The van der Waals surface area contributed by atoms with Crippen LogP contribution >= 0.6 is 24.4 Å². The first-order valence-corrected chi connectivity index (χ1v) is 14.1. The second kappa shape index (κ2) is 14.9. The molecule has 1 heterocycles. The van der Waals surface area contributed by atoms with Crippen LogP contribution in [0.2, 0.25) is 0 Å². The lowest BCUT2D eigenvalue weighted by Gasteiger charge is -2.25. The molecule has 37 heavy (non-hydrogen) atoms. The number of nitrogens with two attached hydrogens (primary N) is 1. The molecule has 0 aliphatic rings. The van der Waals surface area contributed by atoms with E-state index in [9.17, 15) is 24.3 Å². The monoisotopic (exact) mass is 551 g/mol. The number of hydrogen-bond donors (Lipinski definition) is 7. The third kappa shape index (κ3) is 9.28. The molecule has 0 aliphatic carbocycles. The van der Waals surface area contributed by atoms with Gasteiger partial charge in [-0.05, 0) is 42.4 Å². The summed E-state index contributed by atoms with van der Waals surface area (Å²) in [7, 11) is 0. The number of carbonyl (C=O) groups excluding carboxylic acids is 3. The Bertz CT molecular complexity index is 1080. The maximum Gasteiger partial charge on any atom is 0.327 e. The summed E-state index contributed by atoms with van der Waals surface area (Å²) in [6, 6.07) is 3.54. The number of thioether (sulfide) groups is 1. The van der Waals surface area contributed by atoms with E-state index in [-0.39, 0.29) is 18.1 Å². The fourth-order valence-electron chi connectivity index (χ4n) is 3.86. The van der Waals surface area contributed by atoms with Crippen LogP contribution in [-0.2, 0) is 25.6 Å². The zero-order valence-corrected chi connectivity index (χ0v) is 23.0. The Morgan fingerprint density at radius 2 is 1.65 bits per heavy atom. The molecule has 0 spiro atoms. The van der Waals surface area contributed by atoms with Crippen molar-refractivity contribution in [1.29, 1.82) is 0 Å². The van der Waals surface area contributed by atoms with Gasteiger partial charge >= 0.3 is 5.97 Å². The van der Waals surface area contributed by atoms with E-state index in [0.29, 0.717) is 18.6 Å². The number of carboxylic acids is 1. The van der Waals surface area contributed by atoms with Gasteiger partial charge in [0.25, 0.3) is 0 Å². The first-order valence-electron chi connectivity index (χ1n) is 12.1. The van der Waals surface area contributed by atoms with E-state index in [2.05, 4.69) is 33.6 Å². The smallest absolute Gasteiger partial charge is 0.327 e. The number of rotatable bonds is 15. The molecule has 1 aromatic carbocycles. The van der Waals surface area contributed by atoms with Crippen LogP contribution < -0.4 is 21.7 Å². The van der Waals surface area contributed by atoms with Crippen molar-refractivity contribution in [2.45, 2.75) is 57.3 Å². The van der Waals surface area contributed by atoms with Crippen LogP contribution in [0.3, 0.4) is 0 Å². The second-order valence-corrected chi connectivity index (χ2v) is 10.6. The average molecular weight is 552 g/mol. The molecule has 0 bridgehead atoms. The van der Waals surface area contributed by atoms with Crippen LogP contribution in [0.25, 0.3) is 10.9 Å². The second-order valence-electron chi connectivity index (χ2n) is 9.29. The van der Waals surface area contributed by atoms with E-state index in [0.717, 1.165) is 16.5 Å². The fraction of sp³-hybridized carbons (Fsp3) is 0.520. The van der Waals surface area contributed by atoms with Crippen molar-refractivity contribution < 1.29 is 24.3 Å². The minimum atomic E-state index is -1.23. The van der Waals surface area contributed by atoms with E-state index in [4.69, 9.17) is 5.73 Å². The van der Waals surface area contributed by atoms with E-state index < -0.39 is 47.9 Å². The fourth-order valence-corrected chi connectivity index (χ4v) is 4.58. The summed E-state index contributed by atoms with van der Waals surface area (Å²) in [5.74, 6) is -2.19. The van der Waals surface area contributed by atoms with Crippen LogP contribution in [0.4, 0.5) is 0 Å². The quantitative estimate of drug-likeness (QED) is 0.164. The van der Waals surface area contributed by atoms with E-state index >= 15 is 0 Å². The van der Waals surface area contributed by atoms with Crippen LogP contribution in [0, 0.1) is 5.92 Å². The summed E-state index contributed by atoms with van der Waals surface area (Å²) in [6.07, 6.45) is 4.55. The summed E-state index contributed by atoms with van der Waals surface area (Å²) in [5, 5.41) is 18.1. The summed E-state index contributed by atoms with van der Waals surface area (Å²) in [5.41, 5.74) is 7.65. The Kier molecular flexibility index (Phi) is 12.3. The summed E-state index contributed by atoms with van der Waals surface area (Å²) >= 11 is 5.53. The average Bonchev–Trinajstić information content (AvgIpc) is 3.26. The Morgan fingerprint density at radius 1 is 1.03 bits per heavy atom. The van der Waals surface area contributed by atoms with Gasteiger partial charge in [-0.15, -0.1) is 0 Å². The van der Waals surface area contributed by atoms with Crippen molar-refractivity contribution in [2.24, 2.45) is 11.7 Å². The Labute approximate surface area is 226 Å². The van der Waals surface area contributed by atoms with E-state index in [1.807, 2.05) is 44.4 Å². The highest BCUT2D eigenvalue weighted by atomic mass is 32.2. The molecular weight excluding hydrogens is 514 g/mol. The molecule has 0 aliphatic heterocycles. The van der Waals surface area contributed by atoms with Gasteiger partial charge in [0.15, 0.2) is 0 Å². The van der Waals surface area contributed by atoms with Crippen molar-refractivity contribution in [3.05, 3.63) is 36.0 Å². The topological polar surface area (TPSA) is 166 Å². The molecule has 10 nitrogen and oxygen atoms in total. The molecule has 2 rings (SSSR count). The predicted octanol–water partition coefficient (Wildman–Crippen LogP) is 1.31. The van der Waals surface area contributed by atoms with E-state index in [1.54, 1.807) is 6.20 Å². The molecule has 0 radical (unpaired) electrons. The van der Waals surface area contributed by atoms with Crippen molar-refractivity contribution in [3.63, 3.8) is 0 Å². The normalized spacial score (nSPS) is 14.5. The summed E-state index contributed by atoms with van der Waals surface area (Å²) in [4.78, 5) is 53.8. The van der Waals surface area contributed by atoms with Gasteiger partial charge in [0.2, 0.25) is 17.7 Å². The molecule has 1 aromatic heterocycles. The van der Waals surface area contributed by atoms with Crippen LogP contribution in [0.5, 0.6) is 0 Å². The number of thiol groups is 1. The molecule has 4 unspecified atom stereocenters. The largest absolute Gasteiger partial charge is 0.480 e. The van der Waals surface area contributed by atoms with Gasteiger partial charge < -0.3 is 31.8 Å². The van der Waals surface area contributed by atoms with Crippen molar-refractivity contribution in [3.8, 4) is 0 Å². The number of H-pyrrole nitrogens is 1. The summed E-state index contributed by atoms with van der Waals surface area (Å²) < 4.78 is 0. The number of benzene rings is 1. The SMILES string of the molecule is CSCCC(NC(=O)C(N)CC(C)C)C(=O)NC(Cc1c[nH]c2ccccc12)C(=O)NC(CS)C(=O)O. The predicted molar refractivity (Wildman–Crippen MR) is 150 cm³/mol. The lowest BCUT2D eigenvalue weighted by atomic mass is 10.0. The molecule has 0 saturated heterocycles. The first kappa shape index (κ1) is 30.5.